The topological polar surface area (TPSA) is 37.4 Å². The van der Waals surface area contributed by atoms with E-state index in [0.717, 1.165) is 29.7 Å². The lowest BCUT2D eigenvalue weighted by molar-refractivity contribution is 0.414. The molecule has 0 bridgehead atoms. The van der Waals surface area contributed by atoms with Crippen molar-refractivity contribution >= 4 is 16.5 Å². The van der Waals surface area contributed by atoms with Gasteiger partial charge in [-0.25, -0.2) is 4.98 Å². The van der Waals surface area contributed by atoms with Crippen molar-refractivity contribution in [2.24, 2.45) is 0 Å². The number of ether oxygens (including phenoxy) is 1. The number of hydrogen-bond acceptors (Lipinski definition) is 5. The minimum Gasteiger partial charge on any atom is -0.497 e. The Labute approximate surface area is 130 Å². The predicted molar refractivity (Wildman–Crippen MR) is 89.2 cm³/mol. The zero-order valence-electron chi connectivity index (χ0n) is 13.1. The summed E-state index contributed by atoms with van der Waals surface area (Å²) in [7, 11) is 3.76. The van der Waals surface area contributed by atoms with E-state index in [-0.39, 0.29) is 0 Å². The number of benzene rings is 1. The third-order valence-electron chi connectivity index (χ3n) is 3.14. The van der Waals surface area contributed by atoms with E-state index in [1.54, 1.807) is 18.4 Å². The second-order valence-corrected chi connectivity index (χ2v) is 6.20. The molecule has 5 heteroatoms. The van der Waals surface area contributed by atoms with Crippen molar-refractivity contribution in [3.05, 3.63) is 40.9 Å². The van der Waals surface area contributed by atoms with E-state index >= 15 is 0 Å². The van der Waals surface area contributed by atoms with Gasteiger partial charge in [-0.15, -0.1) is 11.3 Å². The molecule has 0 saturated carbocycles. The molecule has 21 heavy (non-hydrogen) atoms. The molecule has 114 valence electrons. The molecule has 0 fully saturated rings. The number of methoxy groups -OCH3 is 1. The first-order valence-electron chi connectivity index (χ1n) is 7.10. The van der Waals surface area contributed by atoms with Crippen molar-refractivity contribution in [2.75, 3.05) is 19.1 Å². The molecule has 2 rings (SSSR count). The Morgan fingerprint density at radius 2 is 2.00 bits per heavy atom. The van der Waals surface area contributed by atoms with Crippen LogP contribution in [0.3, 0.4) is 0 Å². The summed E-state index contributed by atoms with van der Waals surface area (Å²) >= 11 is 1.69. The largest absolute Gasteiger partial charge is 0.497 e. The average molecular weight is 305 g/mol. The molecule has 2 aromatic rings. The molecule has 0 saturated heterocycles. The first-order chi connectivity index (χ1) is 10.1. The van der Waals surface area contributed by atoms with Gasteiger partial charge in [-0.2, -0.15) is 0 Å². The van der Waals surface area contributed by atoms with E-state index in [0.29, 0.717) is 6.04 Å². The molecular weight excluding hydrogens is 282 g/mol. The van der Waals surface area contributed by atoms with Gasteiger partial charge < -0.3 is 15.0 Å². The number of rotatable bonds is 7. The second kappa shape index (κ2) is 7.43. The highest BCUT2D eigenvalue weighted by molar-refractivity contribution is 7.13. The molecular formula is C16H23N3OS. The monoisotopic (exact) mass is 305 g/mol. The fourth-order valence-corrected chi connectivity index (χ4v) is 2.73. The number of aromatic nitrogens is 1. The van der Waals surface area contributed by atoms with Crippen molar-refractivity contribution in [3.8, 4) is 5.75 Å². The Balaban J connectivity index is 1.94. The van der Waals surface area contributed by atoms with Crippen LogP contribution in [0.25, 0.3) is 0 Å². The van der Waals surface area contributed by atoms with Gasteiger partial charge in [-0.1, -0.05) is 26.0 Å². The van der Waals surface area contributed by atoms with Gasteiger partial charge in [0.1, 0.15) is 5.75 Å². The highest BCUT2D eigenvalue weighted by Crippen LogP contribution is 2.22. The van der Waals surface area contributed by atoms with Gasteiger partial charge in [0, 0.05) is 31.6 Å². The second-order valence-electron chi connectivity index (χ2n) is 5.36. The van der Waals surface area contributed by atoms with E-state index in [2.05, 4.69) is 53.6 Å². The molecule has 0 aliphatic carbocycles. The van der Waals surface area contributed by atoms with Crippen LogP contribution in [0.5, 0.6) is 5.75 Å². The fourth-order valence-electron chi connectivity index (χ4n) is 1.93. The lowest BCUT2D eigenvalue weighted by atomic mass is 10.2. The summed E-state index contributed by atoms with van der Waals surface area (Å²) in [5.74, 6) is 0.887. The Kier molecular flexibility index (Phi) is 5.59. The summed E-state index contributed by atoms with van der Waals surface area (Å²) < 4.78 is 5.18. The van der Waals surface area contributed by atoms with Crippen LogP contribution in [0.4, 0.5) is 5.13 Å². The van der Waals surface area contributed by atoms with Crippen molar-refractivity contribution in [1.82, 2.24) is 10.3 Å². The average Bonchev–Trinajstić information content (AvgIpc) is 2.95. The van der Waals surface area contributed by atoms with Crippen molar-refractivity contribution in [1.29, 1.82) is 0 Å². The van der Waals surface area contributed by atoms with Crippen molar-refractivity contribution in [3.63, 3.8) is 0 Å². The molecule has 0 aliphatic rings. The molecule has 0 radical (unpaired) electrons. The number of thiazole rings is 1. The summed E-state index contributed by atoms with van der Waals surface area (Å²) in [4.78, 5) is 6.84. The number of nitrogens with one attached hydrogen (secondary N) is 1. The maximum atomic E-state index is 5.18. The Morgan fingerprint density at radius 1 is 1.29 bits per heavy atom. The predicted octanol–water partition coefficient (Wildman–Crippen LogP) is 3.29. The van der Waals surface area contributed by atoms with E-state index < -0.39 is 0 Å². The first kappa shape index (κ1) is 15.8. The molecule has 1 N–H and O–H groups in total. The van der Waals surface area contributed by atoms with E-state index in [1.807, 2.05) is 12.1 Å². The molecule has 0 atom stereocenters. The normalized spacial score (nSPS) is 10.9. The number of anilines is 1. The van der Waals surface area contributed by atoms with Crippen LogP contribution in [0, 0.1) is 0 Å². The van der Waals surface area contributed by atoms with Crippen LogP contribution in [-0.4, -0.2) is 25.2 Å². The Hall–Kier alpha value is -1.59. The lowest BCUT2D eigenvalue weighted by Gasteiger charge is -2.16. The van der Waals surface area contributed by atoms with Gasteiger partial charge in [0.2, 0.25) is 0 Å². The summed E-state index contributed by atoms with van der Waals surface area (Å²) in [5.41, 5.74) is 2.35. The third-order valence-corrected chi connectivity index (χ3v) is 4.14. The summed E-state index contributed by atoms with van der Waals surface area (Å²) in [6.07, 6.45) is 0. The fraction of sp³-hybridized carbons (Fsp3) is 0.438. The lowest BCUT2D eigenvalue weighted by Crippen LogP contribution is -2.22. The molecule has 0 amide bonds. The zero-order valence-corrected chi connectivity index (χ0v) is 13.9. The Morgan fingerprint density at radius 3 is 2.62 bits per heavy atom. The van der Waals surface area contributed by atoms with Crippen LogP contribution in [-0.2, 0) is 13.1 Å². The van der Waals surface area contributed by atoms with Gasteiger partial charge in [0.15, 0.2) is 5.13 Å². The molecule has 4 nitrogen and oxygen atoms in total. The van der Waals surface area contributed by atoms with Crippen LogP contribution < -0.4 is 15.0 Å². The van der Waals surface area contributed by atoms with Gasteiger partial charge in [-0.3, -0.25) is 0 Å². The van der Waals surface area contributed by atoms with Gasteiger partial charge in [0.25, 0.3) is 0 Å². The summed E-state index contributed by atoms with van der Waals surface area (Å²) in [6.45, 7) is 5.95. The molecule has 0 aliphatic heterocycles. The van der Waals surface area contributed by atoms with Gasteiger partial charge in [-0.05, 0) is 17.7 Å². The molecule has 1 aromatic heterocycles. The molecule has 0 spiro atoms. The van der Waals surface area contributed by atoms with Crippen LogP contribution in [0.1, 0.15) is 25.1 Å². The SMILES string of the molecule is COc1ccc(CN(C)c2nc(CNC(C)C)cs2)cc1. The maximum absolute atomic E-state index is 5.18. The quantitative estimate of drug-likeness (QED) is 0.852. The molecule has 1 aromatic carbocycles. The van der Waals surface area contributed by atoms with Crippen LogP contribution >= 0.6 is 11.3 Å². The third kappa shape index (κ3) is 4.72. The highest BCUT2D eigenvalue weighted by atomic mass is 32.1. The van der Waals surface area contributed by atoms with Crippen molar-refractivity contribution in [2.45, 2.75) is 33.0 Å². The van der Waals surface area contributed by atoms with Gasteiger partial charge in [0.05, 0.1) is 12.8 Å². The van der Waals surface area contributed by atoms with Crippen LogP contribution in [0.15, 0.2) is 29.6 Å². The first-order valence-corrected chi connectivity index (χ1v) is 7.98. The Bertz CT molecular complexity index is 551. The van der Waals surface area contributed by atoms with Crippen molar-refractivity contribution < 1.29 is 4.74 Å². The summed E-state index contributed by atoms with van der Waals surface area (Å²) in [6, 6.07) is 8.63. The minimum absolute atomic E-state index is 0.479. The summed E-state index contributed by atoms with van der Waals surface area (Å²) in [5, 5.41) is 6.56. The van der Waals surface area contributed by atoms with Crippen LogP contribution in [0.2, 0.25) is 0 Å². The smallest absolute Gasteiger partial charge is 0.185 e. The van der Waals surface area contributed by atoms with E-state index in [1.165, 1.54) is 5.56 Å². The maximum Gasteiger partial charge on any atom is 0.185 e. The molecule has 1 heterocycles. The standard InChI is InChI=1S/C16H23N3OS/c1-12(2)17-9-14-11-21-16(18-14)19(3)10-13-5-7-15(20-4)8-6-13/h5-8,11-12,17H,9-10H2,1-4H3. The highest BCUT2D eigenvalue weighted by Gasteiger charge is 2.08. The zero-order chi connectivity index (χ0) is 15.2. The van der Waals surface area contributed by atoms with Gasteiger partial charge >= 0.3 is 0 Å². The molecule has 0 unspecified atom stereocenters. The number of nitrogens with zero attached hydrogens (tertiary/aromatic N) is 2. The van der Waals surface area contributed by atoms with E-state index in [9.17, 15) is 0 Å². The number of hydrogen-bond donors (Lipinski definition) is 1. The minimum atomic E-state index is 0.479. The van der Waals surface area contributed by atoms with E-state index in [4.69, 9.17) is 4.74 Å².